The van der Waals surface area contributed by atoms with Gasteiger partial charge in [-0.1, -0.05) is 13.8 Å². The second-order valence-electron chi connectivity index (χ2n) is 5.62. The first kappa shape index (κ1) is 16.3. The fourth-order valence-electron chi connectivity index (χ4n) is 1.48. The highest BCUT2D eigenvalue weighted by molar-refractivity contribution is 5.97. The van der Waals surface area contributed by atoms with Crippen molar-refractivity contribution in [3.63, 3.8) is 0 Å². The van der Waals surface area contributed by atoms with Crippen molar-refractivity contribution in [1.82, 2.24) is 14.9 Å². The number of likely N-dealkylation sites (N-methyl/N-ethyl adjacent to an activating group) is 1. The van der Waals surface area contributed by atoms with Crippen molar-refractivity contribution >= 4 is 11.6 Å². The summed E-state index contributed by atoms with van der Waals surface area (Å²) in [6.07, 6.45) is 1.50. The van der Waals surface area contributed by atoms with Crippen LogP contribution in [0.2, 0.25) is 0 Å². The van der Waals surface area contributed by atoms with Crippen molar-refractivity contribution in [3.8, 4) is 0 Å². The number of rotatable bonds is 5. The zero-order chi connectivity index (χ0) is 15.5. The van der Waals surface area contributed by atoms with Crippen LogP contribution in [0.5, 0.6) is 0 Å². The van der Waals surface area contributed by atoms with E-state index in [1.165, 1.54) is 11.1 Å². The molecule has 0 aliphatic carbocycles. The summed E-state index contributed by atoms with van der Waals surface area (Å²) in [4.78, 5) is 22.4. The van der Waals surface area contributed by atoms with Gasteiger partial charge in [-0.05, 0) is 13.8 Å². The minimum atomic E-state index is -0.689. The molecule has 20 heavy (non-hydrogen) atoms. The third-order valence-corrected chi connectivity index (χ3v) is 3.28. The Morgan fingerprint density at radius 3 is 2.60 bits per heavy atom. The molecule has 1 amide bonds. The maximum Gasteiger partial charge on any atom is 0.275 e. The van der Waals surface area contributed by atoms with E-state index in [2.05, 4.69) is 15.4 Å². The van der Waals surface area contributed by atoms with E-state index in [9.17, 15) is 9.90 Å². The number of hydrazine groups is 1. The molecule has 1 heterocycles. The predicted molar refractivity (Wildman–Crippen MR) is 77.2 cm³/mol. The largest absolute Gasteiger partial charge is 0.394 e. The van der Waals surface area contributed by atoms with Gasteiger partial charge in [0.05, 0.1) is 24.0 Å². The molecule has 7 nitrogen and oxygen atoms in total. The van der Waals surface area contributed by atoms with Gasteiger partial charge < -0.3 is 15.4 Å². The van der Waals surface area contributed by atoms with Gasteiger partial charge in [-0.25, -0.2) is 9.97 Å². The highest BCUT2D eigenvalue weighted by Crippen LogP contribution is 2.20. The minimum absolute atomic E-state index is 0.101. The second kappa shape index (κ2) is 6.15. The molecule has 1 aromatic rings. The summed E-state index contributed by atoms with van der Waals surface area (Å²) in [5, 5.41) is 9.36. The first-order chi connectivity index (χ1) is 9.24. The van der Waals surface area contributed by atoms with Gasteiger partial charge in [-0.2, -0.15) is 0 Å². The Balaban J connectivity index is 3.23. The quantitative estimate of drug-likeness (QED) is 0.543. The normalized spacial score (nSPS) is 11.6. The van der Waals surface area contributed by atoms with Crippen LogP contribution in [0.4, 0.5) is 5.69 Å². The van der Waals surface area contributed by atoms with Crippen molar-refractivity contribution in [2.75, 3.05) is 19.1 Å². The van der Waals surface area contributed by atoms with Gasteiger partial charge in [0, 0.05) is 13.0 Å². The molecule has 0 aliphatic heterocycles. The predicted octanol–water partition coefficient (Wildman–Crippen LogP) is 0.728. The molecule has 0 spiro atoms. The lowest BCUT2D eigenvalue weighted by molar-refractivity contribution is 0.0468. The molecule has 1 rings (SSSR count). The lowest BCUT2D eigenvalue weighted by Crippen LogP contribution is -2.48. The van der Waals surface area contributed by atoms with E-state index < -0.39 is 5.54 Å². The first-order valence-electron chi connectivity index (χ1n) is 6.47. The van der Waals surface area contributed by atoms with Crippen LogP contribution in [-0.4, -0.2) is 45.1 Å². The molecule has 1 aromatic heterocycles. The Morgan fingerprint density at radius 1 is 1.55 bits per heavy atom. The van der Waals surface area contributed by atoms with Crippen LogP contribution in [0.1, 0.15) is 49.9 Å². The van der Waals surface area contributed by atoms with Gasteiger partial charge in [0.15, 0.2) is 5.69 Å². The third-order valence-electron chi connectivity index (χ3n) is 3.28. The number of hydrogen-bond acceptors (Lipinski definition) is 6. The number of carbonyl (C=O) groups excluding carboxylic acids is 1. The molecule has 0 saturated carbocycles. The van der Waals surface area contributed by atoms with Crippen molar-refractivity contribution in [2.24, 2.45) is 5.84 Å². The average Bonchev–Trinajstić information content (AvgIpc) is 2.44. The number of hydrogen-bond donors (Lipinski definition) is 3. The summed E-state index contributed by atoms with van der Waals surface area (Å²) in [5.74, 6) is 5.76. The standard InChI is InChI=1S/C13H23N5O2/c1-8(2)11-15-6-9(17-14)10(16-11)12(20)18(5)13(3,4)7-19/h6,8,17,19H,7,14H2,1-5H3. The second-order valence-corrected chi connectivity index (χ2v) is 5.62. The number of aliphatic hydroxyl groups excluding tert-OH is 1. The minimum Gasteiger partial charge on any atom is -0.394 e. The molecule has 0 atom stereocenters. The summed E-state index contributed by atoms with van der Waals surface area (Å²) in [6.45, 7) is 7.28. The molecule has 0 saturated heterocycles. The van der Waals surface area contributed by atoms with Gasteiger partial charge in [0.25, 0.3) is 5.91 Å². The molecule has 0 radical (unpaired) electrons. The molecular weight excluding hydrogens is 258 g/mol. The van der Waals surface area contributed by atoms with Crippen LogP contribution in [0.3, 0.4) is 0 Å². The maximum absolute atomic E-state index is 12.5. The molecule has 0 fully saturated rings. The number of nitrogen functional groups attached to an aromatic ring is 1. The zero-order valence-electron chi connectivity index (χ0n) is 12.6. The lowest BCUT2D eigenvalue weighted by Gasteiger charge is -2.34. The molecule has 0 bridgehead atoms. The summed E-state index contributed by atoms with van der Waals surface area (Å²) >= 11 is 0. The average molecular weight is 281 g/mol. The maximum atomic E-state index is 12.5. The third kappa shape index (κ3) is 3.23. The number of carbonyl (C=O) groups is 1. The van der Waals surface area contributed by atoms with Crippen LogP contribution in [0.25, 0.3) is 0 Å². The molecule has 4 N–H and O–H groups in total. The van der Waals surface area contributed by atoms with Gasteiger partial charge in [-0.3, -0.25) is 10.6 Å². The number of aromatic nitrogens is 2. The Hall–Kier alpha value is -1.73. The Bertz CT molecular complexity index is 488. The van der Waals surface area contributed by atoms with Gasteiger partial charge >= 0.3 is 0 Å². The number of aliphatic hydroxyl groups is 1. The summed E-state index contributed by atoms with van der Waals surface area (Å²) in [5.41, 5.74) is 2.31. The number of amides is 1. The Labute approximate surface area is 119 Å². The van der Waals surface area contributed by atoms with Crippen molar-refractivity contribution in [2.45, 2.75) is 39.2 Å². The number of nitrogens with two attached hydrogens (primary N) is 1. The number of anilines is 1. The summed E-state index contributed by atoms with van der Waals surface area (Å²) in [7, 11) is 1.62. The van der Waals surface area contributed by atoms with E-state index in [0.717, 1.165) is 0 Å². The first-order valence-corrected chi connectivity index (χ1v) is 6.47. The summed E-state index contributed by atoms with van der Waals surface area (Å²) in [6, 6.07) is 0. The Kier molecular flexibility index (Phi) is 5.02. The van der Waals surface area contributed by atoms with Crippen LogP contribution in [0, 0.1) is 0 Å². The van der Waals surface area contributed by atoms with Gasteiger partial charge in [0.1, 0.15) is 5.82 Å². The molecule has 7 heteroatoms. The topological polar surface area (TPSA) is 104 Å². The van der Waals surface area contributed by atoms with E-state index in [4.69, 9.17) is 5.84 Å². The lowest BCUT2D eigenvalue weighted by atomic mass is 10.0. The highest BCUT2D eigenvalue weighted by Gasteiger charge is 2.30. The molecular formula is C13H23N5O2. The van der Waals surface area contributed by atoms with Crippen molar-refractivity contribution in [3.05, 3.63) is 17.7 Å². The van der Waals surface area contributed by atoms with Crippen LogP contribution in [-0.2, 0) is 0 Å². The van der Waals surface area contributed by atoms with Crippen LogP contribution >= 0.6 is 0 Å². The van der Waals surface area contributed by atoms with E-state index in [1.807, 2.05) is 13.8 Å². The Morgan fingerprint density at radius 2 is 2.15 bits per heavy atom. The van der Waals surface area contributed by atoms with E-state index in [-0.39, 0.29) is 24.1 Å². The van der Waals surface area contributed by atoms with E-state index in [0.29, 0.717) is 11.5 Å². The van der Waals surface area contributed by atoms with Crippen LogP contribution in [0.15, 0.2) is 6.20 Å². The smallest absolute Gasteiger partial charge is 0.275 e. The van der Waals surface area contributed by atoms with E-state index >= 15 is 0 Å². The number of nitrogens with zero attached hydrogens (tertiary/aromatic N) is 3. The molecule has 112 valence electrons. The molecule has 0 aromatic carbocycles. The van der Waals surface area contributed by atoms with Crippen LogP contribution < -0.4 is 11.3 Å². The summed E-state index contributed by atoms with van der Waals surface area (Å²) < 4.78 is 0. The number of nitrogens with one attached hydrogen (secondary N) is 1. The van der Waals surface area contributed by atoms with Gasteiger partial charge in [-0.15, -0.1) is 0 Å². The fraction of sp³-hybridized carbons (Fsp3) is 0.615. The van der Waals surface area contributed by atoms with Crippen molar-refractivity contribution < 1.29 is 9.90 Å². The zero-order valence-corrected chi connectivity index (χ0v) is 12.6. The molecule has 0 aliphatic rings. The van der Waals surface area contributed by atoms with Crippen molar-refractivity contribution in [1.29, 1.82) is 0 Å². The fourth-order valence-corrected chi connectivity index (χ4v) is 1.48. The monoisotopic (exact) mass is 281 g/mol. The molecule has 0 unspecified atom stereocenters. The highest BCUT2D eigenvalue weighted by atomic mass is 16.3. The SMILES string of the molecule is CC(C)c1ncc(NN)c(C(=O)N(C)C(C)(C)CO)n1. The van der Waals surface area contributed by atoms with E-state index in [1.54, 1.807) is 20.9 Å². The van der Waals surface area contributed by atoms with Gasteiger partial charge in [0.2, 0.25) is 0 Å².